The van der Waals surface area contributed by atoms with Gasteiger partial charge in [-0.25, -0.2) is 0 Å². The molecule has 0 bridgehead atoms. The monoisotopic (exact) mass is 292 g/mol. The van der Waals surface area contributed by atoms with Crippen molar-refractivity contribution in [2.24, 2.45) is 0 Å². The Labute approximate surface area is 133 Å². The van der Waals surface area contributed by atoms with Gasteiger partial charge >= 0.3 is 0 Å². The standard InChI is InChI=1S/C21H24O/c1-13(2)18-8-6-17(7-9-18)11-19-14(3)10-15(4)20-16(5)12-22-21(19)20/h6-10,12-13H,11H2,1-5H3. The lowest BCUT2D eigenvalue weighted by Crippen LogP contribution is -1.95. The number of fused-ring (bicyclic) bond motifs is 1. The molecule has 1 heterocycles. The molecule has 1 heteroatoms. The van der Waals surface area contributed by atoms with Crippen LogP contribution < -0.4 is 0 Å². The molecule has 0 unspecified atom stereocenters. The van der Waals surface area contributed by atoms with Gasteiger partial charge in [-0.05, 0) is 54.5 Å². The van der Waals surface area contributed by atoms with Crippen molar-refractivity contribution >= 4 is 11.0 Å². The smallest absolute Gasteiger partial charge is 0.138 e. The van der Waals surface area contributed by atoms with E-state index in [1.807, 2.05) is 6.26 Å². The topological polar surface area (TPSA) is 13.1 Å². The number of furan rings is 1. The minimum Gasteiger partial charge on any atom is -0.464 e. The van der Waals surface area contributed by atoms with Gasteiger partial charge in [-0.1, -0.05) is 44.2 Å². The first-order valence-corrected chi connectivity index (χ1v) is 8.03. The zero-order chi connectivity index (χ0) is 15.9. The number of hydrogen-bond acceptors (Lipinski definition) is 1. The third-order valence-corrected chi connectivity index (χ3v) is 4.58. The van der Waals surface area contributed by atoms with E-state index in [9.17, 15) is 0 Å². The molecule has 0 spiro atoms. The highest BCUT2D eigenvalue weighted by molar-refractivity contribution is 5.88. The normalized spacial score (nSPS) is 11.5. The number of rotatable bonds is 3. The van der Waals surface area contributed by atoms with Gasteiger partial charge in [0.25, 0.3) is 0 Å². The summed E-state index contributed by atoms with van der Waals surface area (Å²) in [6.07, 6.45) is 2.80. The van der Waals surface area contributed by atoms with Crippen LogP contribution in [0.5, 0.6) is 0 Å². The van der Waals surface area contributed by atoms with Crippen LogP contribution in [-0.2, 0) is 6.42 Å². The van der Waals surface area contributed by atoms with Crippen molar-refractivity contribution in [3.8, 4) is 0 Å². The van der Waals surface area contributed by atoms with E-state index in [0.717, 1.165) is 12.0 Å². The Morgan fingerprint density at radius 1 is 0.909 bits per heavy atom. The molecule has 1 aromatic heterocycles. The quantitative estimate of drug-likeness (QED) is 0.571. The van der Waals surface area contributed by atoms with E-state index in [-0.39, 0.29) is 0 Å². The van der Waals surface area contributed by atoms with Crippen LogP contribution in [0.2, 0.25) is 0 Å². The average Bonchev–Trinajstić information content (AvgIpc) is 2.86. The average molecular weight is 292 g/mol. The predicted molar refractivity (Wildman–Crippen MR) is 93.8 cm³/mol. The third kappa shape index (κ3) is 2.56. The van der Waals surface area contributed by atoms with Crippen LogP contribution in [0.3, 0.4) is 0 Å². The molecule has 3 aromatic rings. The van der Waals surface area contributed by atoms with Crippen LogP contribution in [0.1, 0.15) is 53.1 Å². The van der Waals surface area contributed by atoms with Gasteiger partial charge in [-0.15, -0.1) is 0 Å². The number of hydrogen-bond donors (Lipinski definition) is 0. The molecule has 0 aliphatic heterocycles. The molecule has 3 rings (SSSR count). The minimum atomic E-state index is 0.578. The van der Waals surface area contributed by atoms with Crippen LogP contribution >= 0.6 is 0 Å². The molecule has 0 radical (unpaired) electrons. The van der Waals surface area contributed by atoms with E-state index < -0.39 is 0 Å². The Bertz CT molecular complexity index is 804. The maximum Gasteiger partial charge on any atom is 0.138 e. The van der Waals surface area contributed by atoms with Crippen LogP contribution in [0.4, 0.5) is 0 Å². The first-order valence-electron chi connectivity index (χ1n) is 8.03. The van der Waals surface area contributed by atoms with Crippen LogP contribution in [0.25, 0.3) is 11.0 Å². The van der Waals surface area contributed by atoms with E-state index >= 15 is 0 Å². The zero-order valence-corrected chi connectivity index (χ0v) is 14.2. The maximum atomic E-state index is 5.88. The molecular formula is C21H24O. The molecule has 0 aliphatic carbocycles. The fourth-order valence-electron chi connectivity index (χ4n) is 3.26. The molecule has 22 heavy (non-hydrogen) atoms. The third-order valence-electron chi connectivity index (χ3n) is 4.58. The second-order valence-electron chi connectivity index (χ2n) is 6.68. The van der Waals surface area contributed by atoms with Crippen LogP contribution in [0.15, 0.2) is 41.0 Å². The summed E-state index contributed by atoms with van der Waals surface area (Å²) in [5, 5.41) is 1.28. The highest BCUT2D eigenvalue weighted by atomic mass is 16.3. The summed E-state index contributed by atoms with van der Waals surface area (Å²) in [4.78, 5) is 0. The lowest BCUT2D eigenvalue weighted by molar-refractivity contribution is 0.608. The van der Waals surface area contributed by atoms with Crippen molar-refractivity contribution in [3.05, 3.63) is 70.0 Å². The van der Waals surface area contributed by atoms with E-state index in [1.54, 1.807) is 0 Å². The summed E-state index contributed by atoms with van der Waals surface area (Å²) in [6, 6.07) is 11.3. The van der Waals surface area contributed by atoms with Crippen molar-refractivity contribution < 1.29 is 4.42 Å². The van der Waals surface area contributed by atoms with Gasteiger partial charge in [0.05, 0.1) is 6.26 Å². The first-order chi connectivity index (χ1) is 10.5. The molecule has 0 saturated heterocycles. The van der Waals surface area contributed by atoms with Crippen molar-refractivity contribution in [2.75, 3.05) is 0 Å². The molecule has 0 atom stereocenters. The molecule has 0 N–H and O–H groups in total. The SMILES string of the molecule is Cc1cc(C)c2c(C)coc2c1Cc1ccc(C(C)C)cc1. The van der Waals surface area contributed by atoms with Crippen LogP contribution in [-0.4, -0.2) is 0 Å². The summed E-state index contributed by atoms with van der Waals surface area (Å²) in [6.45, 7) is 10.9. The predicted octanol–water partition coefficient (Wildman–Crippen LogP) is 6.07. The second kappa shape index (κ2) is 5.64. The van der Waals surface area contributed by atoms with Crippen molar-refractivity contribution in [2.45, 2.75) is 47.0 Å². The molecule has 0 amide bonds. The fraction of sp³-hybridized carbons (Fsp3) is 0.333. The Balaban J connectivity index is 2.03. The number of aryl methyl sites for hydroxylation is 3. The molecule has 1 nitrogen and oxygen atoms in total. The lowest BCUT2D eigenvalue weighted by atomic mass is 9.94. The van der Waals surface area contributed by atoms with Crippen LogP contribution in [0, 0.1) is 20.8 Å². The Morgan fingerprint density at radius 3 is 2.23 bits per heavy atom. The molecule has 0 fully saturated rings. The summed E-state index contributed by atoms with van der Waals surface area (Å²) in [5.41, 5.74) is 8.94. The molecule has 2 aromatic carbocycles. The highest BCUT2D eigenvalue weighted by Crippen LogP contribution is 2.31. The van der Waals surface area contributed by atoms with E-state index in [0.29, 0.717) is 5.92 Å². The Morgan fingerprint density at radius 2 is 1.59 bits per heavy atom. The molecule has 114 valence electrons. The first kappa shape index (κ1) is 14.9. The van der Waals surface area contributed by atoms with E-state index in [1.165, 1.54) is 38.8 Å². The number of benzene rings is 2. The summed E-state index contributed by atoms with van der Waals surface area (Å²) in [5.74, 6) is 0.578. The largest absolute Gasteiger partial charge is 0.464 e. The van der Waals surface area contributed by atoms with Gasteiger partial charge in [0.15, 0.2) is 0 Å². The highest BCUT2D eigenvalue weighted by Gasteiger charge is 2.13. The fourth-order valence-corrected chi connectivity index (χ4v) is 3.26. The van der Waals surface area contributed by atoms with E-state index in [2.05, 4.69) is 65.0 Å². The van der Waals surface area contributed by atoms with Gasteiger partial charge in [-0.2, -0.15) is 0 Å². The Kier molecular flexibility index (Phi) is 3.82. The lowest BCUT2D eigenvalue weighted by Gasteiger charge is -2.11. The minimum absolute atomic E-state index is 0.578. The Hall–Kier alpha value is -2.02. The van der Waals surface area contributed by atoms with Gasteiger partial charge < -0.3 is 4.42 Å². The van der Waals surface area contributed by atoms with E-state index in [4.69, 9.17) is 4.42 Å². The molecule has 0 saturated carbocycles. The van der Waals surface area contributed by atoms with Crippen molar-refractivity contribution in [1.29, 1.82) is 0 Å². The maximum absolute atomic E-state index is 5.88. The zero-order valence-electron chi connectivity index (χ0n) is 14.2. The van der Waals surface area contributed by atoms with Crippen molar-refractivity contribution in [1.82, 2.24) is 0 Å². The second-order valence-corrected chi connectivity index (χ2v) is 6.68. The molecule has 0 aliphatic rings. The van der Waals surface area contributed by atoms with Gasteiger partial charge in [0, 0.05) is 17.4 Å². The molecular weight excluding hydrogens is 268 g/mol. The van der Waals surface area contributed by atoms with Gasteiger partial charge in [-0.3, -0.25) is 0 Å². The summed E-state index contributed by atoms with van der Waals surface area (Å²) in [7, 11) is 0. The van der Waals surface area contributed by atoms with Gasteiger partial charge in [0.1, 0.15) is 5.58 Å². The summed E-state index contributed by atoms with van der Waals surface area (Å²) < 4.78 is 5.88. The van der Waals surface area contributed by atoms with Crippen molar-refractivity contribution in [3.63, 3.8) is 0 Å². The summed E-state index contributed by atoms with van der Waals surface area (Å²) >= 11 is 0. The van der Waals surface area contributed by atoms with Gasteiger partial charge in [0.2, 0.25) is 0 Å².